The fourth-order valence-electron chi connectivity index (χ4n) is 4.67. The second-order valence-corrected chi connectivity index (χ2v) is 10.5. The van der Waals surface area contributed by atoms with Gasteiger partial charge in [0.1, 0.15) is 5.60 Å². The minimum atomic E-state index is -0.536. The molecule has 4 rings (SSSR count). The highest BCUT2D eigenvalue weighted by molar-refractivity contribution is 5.95. The van der Waals surface area contributed by atoms with Crippen molar-refractivity contribution in [1.82, 2.24) is 15.2 Å². The summed E-state index contributed by atoms with van der Waals surface area (Å²) >= 11 is 0. The van der Waals surface area contributed by atoms with Crippen LogP contribution in [0.5, 0.6) is 0 Å². The van der Waals surface area contributed by atoms with E-state index in [1.54, 1.807) is 0 Å². The number of benzene rings is 2. The van der Waals surface area contributed by atoms with Gasteiger partial charge in [-0.05, 0) is 68.9 Å². The molecule has 3 aromatic rings. The van der Waals surface area contributed by atoms with Crippen LogP contribution in [-0.4, -0.2) is 34.0 Å². The van der Waals surface area contributed by atoms with Gasteiger partial charge in [0.2, 0.25) is 0 Å². The van der Waals surface area contributed by atoms with E-state index in [4.69, 9.17) is 4.74 Å². The standard InChI is InChI=1S/C28H35N3O3/c1-18(2)16-24-25-22(21-8-6-7-9-23(21)30-25)14-15-31(24)26(32)20-12-10-19(11-13-20)17-29-27(33)34-28(3,4)5/h6-13,18,24,30H,14-17H2,1-5H3,(H,29,33). The molecule has 6 nitrogen and oxygen atoms in total. The number of alkyl carbamates (subject to hydrolysis) is 1. The average molecular weight is 462 g/mol. The number of nitrogens with one attached hydrogen (secondary N) is 2. The smallest absolute Gasteiger partial charge is 0.407 e. The van der Waals surface area contributed by atoms with Crippen LogP contribution in [0.15, 0.2) is 48.5 Å². The summed E-state index contributed by atoms with van der Waals surface area (Å²) in [5.41, 5.74) is 4.69. The molecule has 1 aromatic heterocycles. The van der Waals surface area contributed by atoms with Gasteiger partial charge in [-0.3, -0.25) is 4.79 Å². The lowest BCUT2D eigenvalue weighted by Crippen LogP contribution is -2.40. The normalized spacial score (nSPS) is 15.9. The Balaban J connectivity index is 1.50. The molecule has 2 N–H and O–H groups in total. The quantitative estimate of drug-likeness (QED) is 0.491. The number of hydrogen-bond donors (Lipinski definition) is 2. The van der Waals surface area contributed by atoms with E-state index in [1.165, 1.54) is 16.6 Å². The highest BCUT2D eigenvalue weighted by atomic mass is 16.6. The first kappa shape index (κ1) is 23.9. The molecule has 2 aromatic carbocycles. The molecular weight excluding hydrogens is 426 g/mol. The van der Waals surface area contributed by atoms with Gasteiger partial charge >= 0.3 is 6.09 Å². The lowest BCUT2D eigenvalue weighted by molar-refractivity contribution is 0.0522. The maximum absolute atomic E-state index is 13.6. The van der Waals surface area contributed by atoms with Crippen molar-refractivity contribution in [3.05, 3.63) is 70.9 Å². The lowest BCUT2D eigenvalue weighted by atomic mass is 9.91. The number of rotatable bonds is 5. The van der Waals surface area contributed by atoms with Crippen molar-refractivity contribution in [2.24, 2.45) is 5.92 Å². The molecule has 6 heteroatoms. The topological polar surface area (TPSA) is 74.4 Å². The Morgan fingerprint density at radius 2 is 1.82 bits per heavy atom. The van der Waals surface area contributed by atoms with Crippen molar-refractivity contribution in [3.8, 4) is 0 Å². The molecule has 180 valence electrons. The van der Waals surface area contributed by atoms with E-state index in [0.29, 0.717) is 24.6 Å². The first-order chi connectivity index (χ1) is 16.1. The predicted octanol–water partition coefficient (Wildman–Crippen LogP) is 5.98. The van der Waals surface area contributed by atoms with E-state index in [1.807, 2.05) is 56.0 Å². The van der Waals surface area contributed by atoms with E-state index in [9.17, 15) is 9.59 Å². The monoisotopic (exact) mass is 461 g/mol. The minimum absolute atomic E-state index is 0.0251. The van der Waals surface area contributed by atoms with Gasteiger partial charge in [-0.2, -0.15) is 0 Å². The van der Waals surface area contributed by atoms with Crippen molar-refractivity contribution in [3.63, 3.8) is 0 Å². The van der Waals surface area contributed by atoms with Crippen LogP contribution >= 0.6 is 0 Å². The number of para-hydroxylation sites is 1. The molecule has 0 saturated carbocycles. The van der Waals surface area contributed by atoms with Gasteiger partial charge < -0.3 is 19.9 Å². The molecule has 2 amide bonds. The second kappa shape index (κ2) is 9.53. The molecule has 0 aliphatic carbocycles. The fraction of sp³-hybridized carbons (Fsp3) is 0.429. The molecule has 0 bridgehead atoms. The third-order valence-corrected chi connectivity index (χ3v) is 6.15. The van der Waals surface area contributed by atoms with Gasteiger partial charge in [-0.15, -0.1) is 0 Å². The number of hydrogen-bond acceptors (Lipinski definition) is 3. The summed E-state index contributed by atoms with van der Waals surface area (Å²) in [7, 11) is 0. The molecule has 1 atom stereocenters. The second-order valence-electron chi connectivity index (χ2n) is 10.5. The van der Waals surface area contributed by atoms with Crippen LogP contribution in [0.2, 0.25) is 0 Å². The zero-order valence-corrected chi connectivity index (χ0v) is 20.8. The summed E-state index contributed by atoms with van der Waals surface area (Å²) in [5, 5.41) is 4.02. The molecule has 0 fully saturated rings. The fourth-order valence-corrected chi connectivity index (χ4v) is 4.67. The largest absolute Gasteiger partial charge is 0.444 e. The maximum atomic E-state index is 13.6. The average Bonchev–Trinajstić information content (AvgIpc) is 3.16. The van der Waals surface area contributed by atoms with Crippen molar-refractivity contribution < 1.29 is 14.3 Å². The van der Waals surface area contributed by atoms with Crippen molar-refractivity contribution in [2.45, 2.75) is 65.6 Å². The molecule has 0 saturated heterocycles. The van der Waals surface area contributed by atoms with E-state index < -0.39 is 11.7 Å². The number of amides is 2. The summed E-state index contributed by atoms with van der Waals surface area (Å²) in [6.07, 6.45) is 1.30. The van der Waals surface area contributed by atoms with E-state index in [2.05, 4.69) is 42.3 Å². The summed E-state index contributed by atoms with van der Waals surface area (Å²) in [4.78, 5) is 31.1. The third kappa shape index (κ3) is 5.27. The maximum Gasteiger partial charge on any atom is 0.407 e. The number of carbonyl (C=O) groups excluding carboxylic acids is 2. The van der Waals surface area contributed by atoms with Gasteiger partial charge in [-0.25, -0.2) is 4.79 Å². The van der Waals surface area contributed by atoms with Crippen molar-refractivity contribution >= 4 is 22.9 Å². The Morgan fingerprint density at radius 1 is 1.12 bits per heavy atom. The van der Waals surface area contributed by atoms with E-state index in [-0.39, 0.29) is 11.9 Å². The van der Waals surface area contributed by atoms with Crippen LogP contribution < -0.4 is 5.32 Å². The molecule has 1 aliphatic heterocycles. The Kier molecular flexibility index (Phi) is 6.69. The molecule has 1 unspecified atom stereocenters. The van der Waals surface area contributed by atoms with Crippen LogP contribution in [-0.2, 0) is 17.7 Å². The summed E-state index contributed by atoms with van der Waals surface area (Å²) < 4.78 is 5.28. The predicted molar refractivity (Wildman–Crippen MR) is 135 cm³/mol. The Labute approximate surface area is 201 Å². The number of aromatic amines is 1. The SMILES string of the molecule is CC(C)CC1c2[nH]c3ccccc3c2CCN1C(=O)c1ccc(CNC(=O)OC(C)(C)C)cc1. The first-order valence-corrected chi connectivity index (χ1v) is 12.1. The molecule has 1 aliphatic rings. The number of nitrogens with zero attached hydrogens (tertiary/aromatic N) is 1. The first-order valence-electron chi connectivity index (χ1n) is 12.1. The third-order valence-electron chi connectivity index (χ3n) is 6.15. The molecule has 0 spiro atoms. The van der Waals surface area contributed by atoms with Crippen LogP contribution in [0, 0.1) is 5.92 Å². The van der Waals surface area contributed by atoms with E-state index in [0.717, 1.165) is 23.9 Å². The minimum Gasteiger partial charge on any atom is -0.444 e. The van der Waals surface area contributed by atoms with Crippen molar-refractivity contribution in [1.29, 1.82) is 0 Å². The van der Waals surface area contributed by atoms with Crippen LogP contribution in [0.25, 0.3) is 10.9 Å². The van der Waals surface area contributed by atoms with Crippen LogP contribution in [0.3, 0.4) is 0 Å². The number of H-pyrrole nitrogens is 1. The van der Waals surface area contributed by atoms with Crippen molar-refractivity contribution in [2.75, 3.05) is 6.54 Å². The van der Waals surface area contributed by atoms with Crippen LogP contribution in [0.4, 0.5) is 4.79 Å². The molecule has 0 radical (unpaired) electrons. The van der Waals surface area contributed by atoms with E-state index >= 15 is 0 Å². The Morgan fingerprint density at radius 3 is 2.50 bits per heavy atom. The van der Waals surface area contributed by atoms with Gasteiger partial charge in [0, 0.05) is 35.2 Å². The summed E-state index contributed by atoms with van der Waals surface area (Å²) in [5.74, 6) is 0.501. The molecule has 2 heterocycles. The zero-order valence-electron chi connectivity index (χ0n) is 20.8. The Bertz CT molecular complexity index is 1170. The van der Waals surface area contributed by atoms with Gasteiger partial charge in [-0.1, -0.05) is 44.2 Å². The Hall–Kier alpha value is -3.28. The van der Waals surface area contributed by atoms with Gasteiger partial charge in [0.25, 0.3) is 5.91 Å². The zero-order chi connectivity index (χ0) is 24.5. The highest BCUT2D eigenvalue weighted by Crippen LogP contribution is 2.38. The molecule has 34 heavy (non-hydrogen) atoms. The van der Waals surface area contributed by atoms with Gasteiger partial charge in [0.15, 0.2) is 0 Å². The summed E-state index contributed by atoms with van der Waals surface area (Å²) in [6.45, 7) is 10.9. The lowest BCUT2D eigenvalue weighted by Gasteiger charge is -2.37. The number of fused-ring (bicyclic) bond motifs is 3. The summed E-state index contributed by atoms with van der Waals surface area (Å²) in [6, 6.07) is 15.9. The number of ether oxygens (including phenoxy) is 1. The number of carbonyl (C=O) groups is 2. The van der Waals surface area contributed by atoms with Gasteiger partial charge in [0.05, 0.1) is 6.04 Å². The number of aromatic nitrogens is 1. The highest BCUT2D eigenvalue weighted by Gasteiger charge is 2.34. The molecular formula is C28H35N3O3. The van der Waals surface area contributed by atoms with Crippen LogP contribution in [0.1, 0.15) is 74.3 Å².